The van der Waals surface area contributed by atoms with Crippen LogP contribution in [0.25, 0.3) is 11.3 Å². The van der Waals surface area contributed by atoms with Crippen LogP contribution in [0.4, 0.5) is 13.2 Å². The van der Waals surface area contributed by atoms with Crippen LogP contribution in [0.15, 0.2) is 12.3 Å². The normalized spacial score (nSPS) is 11.8. The maximum absolute atomic E-state index is 12.6. The van der Waals surface area contributed by atoms with Crippen molar-refractivity contribution in [3.8, 4) is 17.0 Å². The van der Waals surface area contributed by atoms with Crippen LogP contribution in [0.3, 0.4) is 0 Å². The summed E-state index contributed by atoms with van der Waals surface area (Å²) < 4.78 is 37.7. The van der Waals surface area contributed by atoms with Crippen LogP contribution in [0, 0.1) is 0 Å². The zero-order chi connectivity index (χ0) is 16.8. The predicted octanol–water partition coefficient (Wildman–Crippen LogP) is 6.74. The Hall–Kier alpha value is -0.590. The number of nitrogens with zero attached hydrogens (tertiary/aromatic N) is 1. The molecule has 2 aromatic rings. The van der Waals surface area contributed by atoms with Gasteiger partial charge in [-0.1, -0.05) is 58.0 Å². The van der Waals surface area contributed by atoms with E-state index < -0.39 is 17.5 Å². The second kappa shape index (κ2) is 6.13. The molecule has 1 heterocycles. The van der Waals surface area contributed by atoms with Crippen molar-refractivity contribution in [3.05, 3.63) is 42.9 Å². The van der Waals surface area contributed by atoms with Crippen molar-refractivity contribution in [1.82, 2.24) is 4.98 Å². The third-order valence-electron chi connectivity index (χ3n) is 2.64. The van der Waals surface area contributed by atoms with Gasteiger partial charge in [0.1, 0.15) is 11.4 Å². The number of hydrogen-bond acceptors (Lipinski definition) is 2. The first-order chi connectivity index (χ1) is 10.1. The number of aromatic nitrogens is 1. The number of pyridine rings is 1. The monoisotopic (exact) mass is 409 g/mol. The molecule has 0 radical (unpaired) electrons. The highest BCUT2D eigenvalue weighted by molar-refractivity contribution is 6.56. The highest BCUT2D eigenvalue weighted by atomic mass is 35.5. The van der Waals surface area contributed by atoms with Gasteiger partial charge in [-0.2, -0.15) is 13.2 Å². The first kappa shape index (κ1) is 17.8. The Balaban J connectivity index is 2.74. The standard InChI is InChI=1S/C12H3Cl5F3NO/c13-6-5(7(14)9(16)10(17)8(6)15)11-4(22)1-3(2-21-11)12(18,19)20/h1-2,22H. The molecule has 22 heavy (non-hydrogen) atoms. The van der Waals surface area contributed by atoms with Gasteiger partial charge in [0.2, 0.25) is 0 Å². The first-order valence-electron chi connectivity index (χ1n) is 5.33. The number of hydrogen-bond donors (Lipinski definition) is 1. The summed E-state index contributed by atoms with van der Waals surface area (Å²) in [5.74, 6) is -0.784. The first-order valence-corrected chi connectivity index (χ1v) is 7.22. The molecular formula is C12H3Cl5F3NO. The minimum absolute atomic E-state index is 0.117. The lowest BCUT2D eigenvalue weighted by Crippen LogP contribution is -2.05. The molecule has 2 nitrogen and oxygen atoms in total. The third-order valence-corrected chi connectivity index (χ3v) is 4.92. The Morgan fingerprint density at radius 1 is 0.864 bits per heavy atom. The van der Waals surface area contributed by atoms with Crippen molar-refractivity contribution in [3.63, 3.8) is 0 Å². The van der Waals surface area contributed by atoms with Gasteiger partial charge in [-0.05, 0) is 6.07 Å². The molecule has 0 amide bonds. The van der Waals surface area contributed by atoms with Crippen molar-refractivity contribution in [2.75, 3.05) is 0 Å². The van der Waals surface area contributed by atoms with Crippen LogP contribution in [0.1, 0.15) is 5.56 Å². The van der Waals surface area contributed by atoms with Gasteiger partial charge in [0, 0.05) is 11.8 Å². The highest BCUT2D eigenvalue weighted by Crippen LogP contribution is 2.49. The van der Waals surface area contributed by atoms with E-state index in [2.05, 4.69) is 4.98 Å². The smallest absolute Gasteiger partial charge is 0.418 e. The average molecular weight is 411 g/mol. The summed E-state index contributed by atoms with van der Waals surface area (Å²) in [5.41, 5.74) is -1.55. The van der Waals surface area contributed by atoms with Crippen molar-refractivity contribution >= 4 is 58.0 Å². The molecule has 0 aliphatic carbocycles. The molecule has 10 heteroatoms. The van der Waals surface area contributed by atoms with E-state index in [9.17, 15) is 18.3 Å². The molecule has 0 aliphatic heterocycles. The van der Waals surface area contributed by atoms with Gasteiger partial charge in [-0.3, -0.25) is 4.98 Å². The van der Waals surface area contributed by atoms with Gasteiger partial charge in [-0.15, -0.1) is 0 Å². The van der Waals surface area contributed by atoms with E-state index in [1.54, 1.807) is 0 Å². The topological polar surface area (TPSA) is 33.1 Å². The van der Waals surface area contributed by atoms with E-state index in [-0.39, 0.29) is 36.4 Å². The zero-order valence-electron chi connectivity index (χ0n) is 10.1. The minimum atomic E-state index is -4.66. The fourth-order valence-electron chi connectivity index (χ4n) is 1.61. The maximum Gasteiger partial charge on any atom is 0.418 e. The van der Waals surface area contributed by atoms with Crippen molar-refractivity contribution in [2.45, 2.75) is 6.18 Å². The molecular weight excluding hydrogens is 408 g/mol. The SMILES string of the molecule is Oc1cc(C(F)(F)F)cnc1-c1c(Cl)c(Cl)c(Cl)c(Cl)c1Cl. The lowest BCUT2D eigenvalue weighted by atomic mass is 10.1. The summed E-state index contributed by atoms with van der Waals surface area (Å²) in [6.07, 6.45) is -4.13. The Labute approximate surface area is 147 Å². The number of rotatable bonds is 1. The Kier molecular flexibility index (Phi) is 4.95. The maximum atomic E-state index is 12.6. The number of benzene rings is 1. The molecule has 0 spiro atoms. The van der Waals surface area contributed by atoms with Crippen LogP contribution in [-0.4, -0.2) is 10.1 Å². The van der Waals surface area contributed by atoms with Crippen LogP contribution in [0.5, 0.6) is 5.75 Å². The van der Waals surface area contributed by atoms with Crippen molar-refractivity contribution in [1.29, 1.82) is 0 Å². The molecule has 1 aromatic carbocycles. The predicted molar refractivity (Wildman–Crippen MR) is 81.4 cm³/mol. The number of aromatic hydroxyl groups is 1. The molecule has 2 rings (SSSR count). The summed E-state index contributed by atoms with van der Waals surface area (Å²) in [6, 6.07) is 0.491. The van der Waals surface area contributed by atoms with Gasteiger partial charge >= 0.3 is 6.18 Å². The number of alkyl halides is 3. The van der Waals surface area contributed by atoms with Crippen LogP contribution in [0.2, 0.25) is 25.1 Å². The molecule has 1 N–H and O–H groups in total. The molecule has 0 aliphatic rings. The van der Waals surface area contributed by atoms with E-state index in [0.717, 1.165) is 0 Å². The summed E-state index contributed by atoms with van der Waals surface area (Å²) in [4.78, 5) is 3.55. The van der Waals surface area contributed by atoms with E-state index in [1.807, 2.05) is 0 Å². The van der Waals surface area contributed by atoms with Gasteiger partial charge < -0.3 is 5.11 Å². The molecule has 0 saturated carbocycles. The number of halogens is 8. The lowest BCUT2D eigenvalue weighted by Gasteiger charge is -2.14. The lowest BCUT2D eigenvalue weighted by molar-refractivity contribution is -0.137. The van der Waals surface area contributed by atoms with Gasteiger partial charge in [0.05, 0.1) is 30.7 Å². The van der Waals surface area contributed by atoms with Gasteiger partial charge in [0.15, 0.2) is 0 Å². The average Bonchev–Trinajstić information content (AvgIpc) is 2.43. The molecule has 0 fully saturated rings. The summed E-state index contributed by atoms with van der Waals surface area (Å²) >= 11 is 29.5. The Bertz CT molecular complexity index is 734. The molecule has 118 valence electrons. The Morgan fingerprint density at radius 2 is 1.32 bits per heavy atom. The van der Waals surface area contributed by atoms with Crippen LogP contribution in [-0.2, 0) is 6.18 Å². The molecule has 0 saturated heterocycles. The third kappa shape index (κ3) is 3.05. The minimum Gasteiger partial charge on any atom is -0.506 e. The second-order valence-corrected chi connectivity index (χ2v) is 5.92. The largest absolute Gasteiger partial charge is 0.506 e. The summed E-state index contributed by atoms with van der Waals surface area (Å²) in [6.45, 7) is 0. The molecule has 0 atom stereocenters. The molecule has 0 unspecified atom stereocenters. The Morgan fingerprint density at radius 3 is 1.73 bits per heavy atom. The van der Waals surface area contributed by atoms with E-state index in [4.69, 9.17) is 58.0 Å². The fraction of sp³-hybridized carbons (Fsp3) is 0.0833. The summed E-state index contributed by atoms with van der Waals surface area (Å²) in [5, 5.41) is 8.99. The van der Waals surface area contributed by atoms with E-state index in [0.29, 0.717) is 12.3 Å². The zero-order valence-corrected chi connectivity index (χ0v) is 13.9. The fourth-order valence-corrected chi connectivity index (χ4v) is 2.93. The molecule has 0 bridgehead atoms. The van der Waals surface area contributed by atoms with Crippen molar-refractivity contribution in [2.24, 2.45) is 0 Å². The van der Waals surface area contributed by atoms with Crippen LogP contribution < -0.4 is 0 Å². The van der Waals surface area contributed by atoms with E-state index in [1.165, 1.54) is 0 Å². The van der Waals surface area contributed by atoms with Crippen LogP contribution >= 0.6 is 58.0 Å². The summed E-state index contributed by atoms with van der Waals surface area (Å²) in [7, 11) is 0. The van der Waals surface area contributed by atoms with Gasteiger partial charge in [0.25, 0.3) is 0 Å². The van der Waals surface area contributed by atoms with E-state index >= 15 is 0 Å². The second-order valence-electron chi connectivity index (χ2n) is 4.03. The highest BCUT2D eigenvalue weighted by Gasteiger charge is 2.32. The van der Waals surface area contributed by atoms with Crippen molar-refractivity contribution < 1.29 is 18.3 Å². The van der Waals surface area contributed by atoms with Gasteiger partial charge in [-0.25, -0.2) is 0 Å². The quantitative estimate of drug-likeness (QED) is 0.416. The molecule has 1 aromatic heterocycles.